The second-order valence-corrected chi connectivity index (χ2v) is 6.76. The molecule has 2 aliphatic heterocycles. The fourth-order valence-electron chi connectivity index (χ4n) is 3.63. The van der Waals surface area contributed by atoms with Crippen LogP contribution < -0.4 is 16.1 Å². The summed E-state index contributed by atoms with van der Waals surface area (Å²) in [5, 5.41) is 4.46. The Morgan fingerprint density at radius 3 is 2.88 bits per heavy atom. The van der Waals surface area contributed by atoms with Crippen molar-refractivity contribution in [3.05, 3.63) is 45.5 Å². The van der Waals surface area contributed by atoms with Gasteiger partial charge in [0.15, 0.2) is 5.65 Å². The Hall–Kier alpha value is -2.94. The van der Waals surface area contributed by atoms with Gasteiger partial charge in [-0.1, -0.05) is 0 Å². The second kappa shape index (κ2) is 5.03. The van der Waals surface area contributed by atoms with Crippen LogP contribution in [0.1, 0.15) is 6.42 Å². The summed E-state index contributed by atoms with van der Waals surface area (Å²) in [5.74, 6) is 0. The number of ether oxygens (including phenoxy) is 1. The third kappa shape index (κ3) is 2.19. The summed E-state index contributed by atoms with van der Waals surface area (Å²) in [7, 11) is 0. The average Bonchev–Trinajstić information content (AvgIpc) is 3.20. The van der Waals surface area contributed by atoms with E-state index < -0.39 is 11.2 Å². The first-order chi connectivity index (χ1) is 12.1. The predicted molar refractivity (Wildman–Crippen MR) is 89.7 cm³/mol. The topological polar surface area (TPSA) is 108 Å². The molecule has 2 aliphatic rings. The Bertz CT molecular complexity index is 1080. The Balaban J connectivity index is 1.64. The third-order valence-electron chi connectivity index (χ3n) is 5.03. The van der Waals surface area contributed by atoms with Gasteiger partial charge in [-0.05, 0) is 12.5 Å². The maximum absolute atomic E-state index is 12.1. The van der Waals surface area contributed by atoms with Crippen LogP contribution >= 0.6 is 0 Å². The molecule has 2 N–H and O–H groups in total. The molecule has 0 atom stereocenters. The fraction of sp³-hybridized carbons (Fsp3) is 0.375. The van der Waals surface area contributed by atoms with Gasteiger partial charge in [-0.25, -0.2) is 14.3 Å². The van der Waals surface area contributed by atoms with Crippen molar-refractivity contribution in [2.24, 2.45) is 5.41 Å². The quantitative estimate of drug-likeness (QED) is 0.680. The van der Waals surface area contributed by atoms with E-state index in [1.54, 1.807) is 16.9 Å². The van der Waals surface area contributed by atoms with Crippen molar-refractivity contribution in [3.8, 4) is 11.3 Å². The number of aromatic amines is 2. The highest BCUT2D eigenvalue weighted by molar-refractivity contribution is 5.74. The van der Waals surface area contributed by atoms with E-state index in [1.165, 1.54) is 6.20 Å². The lowest BCUT2D eigenvalue weighted by Crippen LogP contribution is -2.44. The lowest BCUT2D eigenvalue weighted by Gasteiger charge is -2.37. The SMILES string of the molecule is O=c1[nH]cc(-c2cc(N3CCC4(COC4)C3)c3nccn3n2)c(=O)[nH]1. The first-order valence-corrected chi connectivity index (χ1v) is 8.13. The summed E-state index contributed by atoms with van der Waals surface area (Å²) >= 11 is 0. The van der Waals surface area contributed by atoms with Gasteiger partial charge in [-0.3, -0.25) is 9.78 Å². The first-order valence-electron chi connectivity index (χ1n) is 8.13. The zero-order valence-corrected chi connectivity index (χ0v) is 13.4. The van der Waals surface area contributed by atoms with Crippen molar-refractivity contribution in [1.29, 1.82) is 0 Å². The molecule has 1 spiro atoms. The van der Waals surface area contributed by atoms with Gasteiger partial charge in [0.1, 0.15) is 5.69 Å². The maximum Gasteiger partial charge on any atom is 0.325 e. The lowest BCUT2D eigenvalue weighted by molar-refractivity contribution is -0.0985. The number of aromatic nitrogens is 5. The van der Waals surface area contributed by atoms with Gasteiger partial charge >= 0.3 is 5.69 Å². The van der Waals surface area contributed by atoms with E-state index in [9.17, 15) is 9.59 Å². The average molecular weight is 340 g/mol. The van der Waals surface area contributed by atoms with Crippen LogP contribution in [0.2, 0.25) is 0 Å². The number of H-pyrrole nitrogens is 2. The molecule has 25 heavy (non-hydrogen) atoms. The number of anilines is 1. The highest BCUT2D eigenvalue weighted by Crippen LogP contribution is 2.40. The minimum atomic E-state index is -0.538. The van der Waals surface area contributed by atoms with E-state index in [-0.39, 0.29) is 5.41 Å². The Morgan fingerprint density at radius 2 is 2.16 bits per heavy atom. The zero-order valence-electron chi connectivity index (χ0n) is 13.4. The number of imidazole rings is 1. The summed E-state index contributed by atoms with van der Waals surface area (Å²) in [6.45, 7) is 3.41. The van der Waals surface area contributed by atoms with Crippen molar-refractivity contribution >= 4 is 11.3 Å². The van der Waals surface area contributed by atoms with Gasteiger partial charge in [-0.2, -0.15) is 5.10 Å². The lowest BCUT2D eigenvalue weighted by atomic mass is 9.85. The number of rotatable bonds is 2. The summed E-state index contributed by atoms with van der Waals surface area (Å²) in [4.78, 5) is 34.8. The summed E-state index contributed by atoms with van der Waals surface area (Å²) in [6, 6.07) is 1.86. The number of hydrogen-bond acceptors (Lipinski definition) is 6. The fourth-order valence-corrected chi connectivity index (χ4v) is 3.63. The molecule has 0 aliphatic carbocycles. The molecule has 3 aromatic heterocycles. The molecular formula is C16H16N6O3. The predicted octanol–water partition coefficient (Wildman–Crippen LogP) is -0.000400. The molecule has 0 radical (unpaired) electrons. The van der Waals surface area contributed by atoms with Crippen LogP contribution in [0, 0.1) is 5.41 Å². The smallest absolute Gasteiger partial charge is 0.325 e. The molecule has 2 saturated heterocycles. The van der Waals surface area contributed by atoms with Crippen molar-refractivity contribution in [1.82, 2.24) is 24.6 Å². The summed E-state index contributed by atoms with van der Waals surface area (Å²) in [6.07, 6.45) is 5.91. The van der Waals surface area contributed by atoms with E-state index in [0.717, 1.165) is 44.1 Å². The monoisotopic (exact) mass is 340 g/mol. The van der Waals surface area contributed by atoms with Crippen LogP contribution in [0.4, 0.5) is 5.69 Å². The van der Waals surface area contributed by atoms with Gasteiger partial charge in [0, 0.05) is 37.1 Å². The van der Waals surface area contributed by atoms with Crippen LogP contribution in [0.5, 0.6) is 0 Å². The highest BCUT2D eigenvalue weighted by Gasteiger charge is 2.45. The number of hydrogen-bond donors (Lipinski definition) is 2. The standard InChI is InChI=1S/C16H16N6O3/c23-14-10(6-18-15(24)19-14)11-5-12(13-17-2-4-22(13)20-11)21-3-1-16(7-21)8-25-9-16/h2,4-6H,1,3,7-9H2,(H2,18,19,23,24). The van der Waals surface area contributed by atoms with E-state index in [2.05, 4.69) is 25.0 Å². The van der Waals surface area contributed by atoms with Gasteiger partial charge in [-0.15, -0.1) is 0 Å². The molecular weight excluding hydrogens is 324 g/mol. The molecule has 0 saturated carbocycles. The molecule has 5 heterocycles. The van der Waals surface area contributed by atoms with Crippen LogP contribution in [-0.4, -0.2) is 50.9 Å². The molecule has 0 aromatic carbocycles. The van der Waals surface area contributed by atoms with Gasteiger partial charge in [0.05, 0.1) is 24.5 Å². The minimum Gasteiger partial charge on any atom is -0.380 e. The van der Waals surface area contributed by atoms with Crippen molar-refractivity contribution in [3.63, 3.8) is 0 Å². The highest BCUT2D eigenvalue weighted by atomic mass is 16.5. The molecule has 5 rings (SSSR count). The molecule has 0 amide bonds. The van der Waals surface area contributed by atoms with Crippen molar-refractivity contribution in [2.45, 2.75) is 6.42 Å². The van der Waals surface area contributed by atoms with Gasteiger partial charge < -0.3 is 14.6 Å². The van der Waals surface area contributed by atoms with Crippen molar-refractivity contribution in [2.75, 3.05) is 31.2 Å². The van der Waals surface area contributed by atoms with Gasteiger partial charge in [0.25, 0.3) is 5.56 Å². The normalized spacial score (nSPS) is 18.8. The zero-order chi connectivity index (χ0) is 17.0. The first kappa shape index (κ1) is 14.4. The van der Waals surface area contributed by atoms with E-state index in [4.69, 9.17) is 4.74 Å². The number of fused-ring (bicyclic) bond motifs is 1. The second-order valence-electron chi connectivity index (χ2n) is 6.76. The number of nitrogens with one attached hydrogen (secondary N) is 2. The largest absolute Gasteiger partial charge is 0.380 e. The Morgan fingerprint density at radius 1 is 1.28 bits per heavy atom. The van der Waals surface area contributed by atoms with Crippen molar-refractivity contribution < 1.29 is 4.74 Å². The van der Waals surface area contributed by atoms with Gasteiger partial charge in [0.2, 0.25) is 0 Å². The third-order valence-corrected chi connectivity index (χ3v) is 5.03. The van der Waals surface area contributed by atoms with Crippen LogP contribution in [0.25, 0.3) is 16.9 Å². The number of nitrogens with zero attached hydrogens (tertiary/aromatic N) is 4. The summed E-state index contributed by atoms with van der Waals surface area (Å²) in [5.41, 5.74) is 1.73. The van der Waals surface area contributed by atoms with Crippen LogP contribution in [-0.2, 0) is 4.74 Å². The molecule has 0 bridgehead atoms. The molecule has 9 heteroatoms. The Labute approximate surface area is 141 Å². The van der Waals surface area contributed by atoms with Crippen LogP contribution in [0.3, 0.4) is 0 Å². The molecule has 3 aromatic rings. The van der Waals surface area contributed by atoms with E-state index >= 15 is 0 Å². The van der Waals surface area contributed by atoms with E-state index in [1.807, 2.05) is 6.07 Å². The molecule has 9 nitrogen and oxygen atoms in total. The van der Waals surface area contributed by atoms with Crippen LogP contribution in [0.15, 0.2) is 34.2 Å². The summed E-state index contributed by atoms with van der Waals surface area (Å²) < 4.78 is 7.06. The Kier molecular flexibility index (Phi) is 2.90. The minimum absolute atomic E-state index is 0.239. The molecule has 2 fully saturated rings. The molecule has 0 unspecified atom stereocenters. The maximum atomic E-state index is 12.1. The van der Waals surface area contributed by atoms with E-state index in [0.29, 0.717) is 11.3 Å². The molecule has 128 valence electrons.